The van der Waals surface area contributed by atoms with Gasteiger partial charge in [-0.3, -0.25) is 14.2 Å². The maximum absolute atomic E-state index is 11.9. The Hall–Kier alpha value is -2.38. The third-order valence-corrected chi connectivity index (χ3v) is 3.12. The van der Waals surface area contributed by atoms with E-state index in [-0.39, 0.29) is 30.9 Å². The third-order valence-electron chi connectivity index (χ3n) is 3.12. The molecule has 0 radical (unpaired) electrons. The number of rotatable bonds is 8. The highest BCUT2D eigenvalue weighted by Crippen LogP contribution is 2.03. The van der Waals surface area contributed by atoms with Crippen LogP contribution in [0.5, 0.6) is 0 Å². The molecule has 2 N–H and O–H groups in total. The van der Waals surface area contributed by atoms with Crippen LogP contribution in [0.1, 0.15) is 32.6 Å². The second-order valence-corrected chi connectivity index (χ2v) is 5.22. The summed E-state index contributed by atoms with van der Waals surface area (Å²) in [6.45, 7) is 1.81. The zero-order valence-corrected chi connectivity index (χ0v) is 12.9. The van der Waals surface area contributed by atoms with E-state index in [1.165, 1.54) is 28.2 Å². The molecule has 0 spiro atoms. The molecule has 8 nitrogen and oxygen atoms in total. The van der Waals surface area contributed by atoms with Crippen molar-refractivity contribution >= 4 is 17.9 Å². The fourth-order valence-electron chi connectivity index (χ4n) is 1.97. The highest BCUT2D eigenvalue weighted by atomic mass is 16.4. The summed E-state index contributed by atoms with van der Waals surface area (Å²) >= 11 is 0. The molecule has 1 rings (SSSR count). The number of carbonyl (C=O) groups excluding carboxylic acids is 2. The summed E-state index contributed by atoms with van der Waals surface area (Å²) < 4.78 is 1.29. The van der Waals surface area contributed by atoms with Crippen molar-refractivity contribution in [2.45, 2.75) is 38.6 Å². The lowest BCUT2D eigenvalue weighted by Crippen LogP contribution is -2.42. The van der Waals surface area contributed by atoms with Crippen molar-refractivity contribution < 1.29 is 19.5 Å². The van der Waals surface area contributed by atoms with Crippen LogP contribution < -0.4 is 5.32 Å². The number of amides is 2. The molecule has 1 atom stereocenters. The SMILES string of the molecule is CC(CCCCC(=O)O)NC(=O)CN(C)C(=O)n1ccnc1. The molecule has 1 aromatic rings. The molecule has 122 valence electrons. The molecule has 0 aromatic carbocycles. The minimum absolute atomic E-state index is 0.0452. The van der Waals surface area contributed by atoms with E-state index in [2.05, 4.69) is 10.3 Å². The van der Waals surface area contributed by atoms with Crippen LogP contribution in [-0.2, 0) is 9.59 Å². The minimum Gasteiger partial charge on any atom is -0.481 e. The van der Waals surface area contributed by atoms with E-state index < -0.39 is 5.97 Å². The molecule has 0 aliphatic rings. The summed E-state index contributed by atoms with van der Waals surface area (Å²) in [5.74, 6) is -1.06. The summed E-state index contributed by atoms with van der Waals surface area (Å²) in [6, 6.07) is -0.389. The molecule has 1 heterocycles. The summed E-state index contributed by atoms with van der Waals surface area (Å²) in [6.07, 6.45) is 6.56. The first kappa shape index (κ1) is 17.7. The number of imidazole rings is 1. The first-order valence-electron chi connectivity index (χ1n) is 7.14. The molecule has 0 aliphatic carbocycles. The van der Waals surface area contributed by atoms with Crippen LogP contribution in [0.2, 0.25) is 0 Å². The Labute approximate surface area is 129 Å². The van der Waals surface area contributed by atoms with Gasteiger partial charge in [0.25, 0.3) is 0 Å². The molecule has 0 saturated heterocycles. The van der Waals surface area contributed by atoms with Gasteiger partial charge in [0.15, 0.2) is 0 Å². The molecule has 0 aliphatic heterocycles. The Bertz CT molecular complexity index is 501. The van der Waals surface area contributed by atoms with E-state index in [9.17, 15) is 14.4 Å². The number of unbranched alkanes of at least 4 members (excludes halogenated alkanes) is 1. The molecule has 1 unspecified atom stereocenters. The Morgan fingerprint density at radius 3 is 2.68 bits per heavy atom. The number of nitrogens with one attached hydrogen (secondary N) is 1. The predicted molar refractivity (Wildman–Crippen MR) is 79.4 cm³/mol. The summed E-state index contributed by atoms with van der Waals surface area (Å²) in [5.41, 5.74) is 0. The second kappa shape index (κ2) is 8.81. The number of hydrogen-bond acceptors (Lipinski definition) is 4. The van der Waals surface area contributed by atoms with Gasteiger partial charge < -0.3 is 15.3 Å². The maximum Gasteiger partial charge on any atom is 0.329 e. The fraction of sp³-hybridized carbons (Fsp3) is 0.571. The van der Waals surface area contributed by atoms with Gasteiger partial charge in [-0.2, -0.15) is 0 Å². The topological polar surface area (TPSA) is 105 Å². The van der Waals surface area contributed by atoms with Gasteiger partial charge in [0.05, 0.1) is 0 Å². The van der Waals surface area contributed by atoms with E-state index >= 15 is 0 Å². The average molecular weight is 310 g/mol. The molecule has 0 fully saturated rings. The highest BCUT2D eigenvalue weighted by molar-refractivity contribution is 5.84. The first-order chi connectivity index (χ1) is 10.4. The Morgan fingerprint density at radius 2 is 2.09 bits per heavy atom. The zero-order chi connectivity index (χ0) is 16.5. The lowest BCUT2D eigenvalue weighted by Gasteiger charge is -2.19. The van der Waals surface area contributed by atoms with Gasteiger partial charge in [-0.15, -0.1) is 0 Å². The number of hydrogen-bond donors (Lipinski definition) is 2. The van der Waals surface area contributed by atoms with E-state index in [0.717, 1.165) is 6.42 Å². The van der Waals surface area contributed by atoms with Crippen LogP contribution in [-0.4, -0.2) is 57.1 Å². The summed E-state index contributed by atoms with van der Waals surface area (Å²) in [7, 11) is 1.54. The smallest absolute Gasteiger partial charge is 0.329 e. The third kappa shape index (κ3) is 6.38. The molecule has 0 bridgehead atoms. The lowest BCUT2D eigenvalue weighted by molar-refractivity contribution is -0.137. The van der Waals surface area contributed by atoms with E-state index in [0.29, 0.717) is 12.8 Å². The van der Waals surface area contributed by atoms with Gasteiger partial charge in [0.1, 0.15) is 12.9 Å². The van der Waals surface area contributed by atoms with Gasteiger partial charge in [-0.25, -0.2) is 9.78 Å². The Kier molecular flexibility index (Phi) is 7.07. The number of nitrogens with zero attached hydrogens (tertiary/aromatic N) is 3. The van der Waals surface area contributed by atoms with Crippen molar-refractivity contribution in [1.82, 2.24) is 19.8 Å². The molecular weight excluding hydrogens is 288 g/mol. The second-order valence-electron chi connectivity index (χ2n) is 5.22. The van der Waals surface area contributed by atoms with Crippen LogP contribution in [0.3, 0.4) is 0 Å². The van der Waals surface area contributed by atoms with Crippen molar-refractivity contribution in [1.29, 1.82) is 0 Å². The maximum atomic E-state index is 11.9. The van der Waals surface area contributed by atoms with Crippen molar-refractivity contribution in [2.24, 2.45) is 0 Å². The number of carbonyl (C=O) groups is 3. The Balaban J connectivity index is 2.27. The Morgan fingerprint density at radius 1 is 1.36 bits per heavy atom. The van der Waals surface area contributed by atoms with Crippen molar-refractivity contribution in [3.63, 3.8) is 0 Å². The van der Waals surface area contributed by atoms with E-state index in [1.807, 2.05) is 6.92 Å². The average Bonchev–Trinajstić information content (AvgIpc) is 2.96. The number of carboxylic acid groups (broad SMARTS) is 1. The number of aliphatic carboxylic acids is 1. The monoisotopic (exact) mass is 310 g/mol. The van der Waals surface area contributed by atoms with Crippen LogP contribution in [0, 0.1) is 0 Å². The normalized spacial score (nSPS) is 11.7. The van der Waals surface area contributed by atoms with Crippen LogP contribution >= 0.6 is 0 Å². The van der Waals surface area contributed by atoms with Crippen LogP contribution in [0.4, 0.5) is 4.79 Å². The first-order valence-corrected chi connectivity index (χ1v) is 7.14. The van der Waals surface area contributed by atoms with E-state index in [4.69, 9.17) is 5.11 Å². The van der Waals surface area contributed by atoms with Gasteiger partial charge in [0, 0.05) is 31.9 Å². The van der Waals surface area contributed by atoms with Gasteiger partial charge >= 0.3 is 12.0 Å². The molecule has 0 saturated carbocycles. The number of likely N-dealkylation sites (N-methyl/N-ethyl adjacent to an activating group) is 1. The standard InChI is InChI=1S/C14H22N4O4/c1-11(5-3-4-6-13(20)21)16-12(19)9-17(2)14(22)18-8-7-15-10-18/h7-8,10-11H,3-6,9H2,1-2H3,(H,16,19)(H,20,21). The number of aromatic nitrogens is 2. The quantitative estimate of drug-likeness (QED) is 0.695. The largest absolute Gasteiger partial charge is 0.481 e. The molecule has 22 heavy (non-hydrogen) atoms. The van der Waals surface area contributed by atoms with Crippen LogP contribution in [0.15, 0.2) is 18.7 Å². The van der Waals surface area contributed by atoms with Gasteiger partial charge in [-0.1, -0.05) is 6.42 Å². The zero-order valence-electron chi connectivity index (χ0n) is 12.9. The molecule has 1 aromatic heterocycles. The van der Waals surface area contributed by atoms with Gasteiger partial charge in [-0.05, 0) is 19.8 Å². The molecule has 8 heteroatoms. The summed E-state index contributed by atoms with van der Waals surface area (Å²) in [5, 5.41) is 11.3. The van der Waals surface area contributed by atoms with Crippen molar-refractivity contribution in [3.8, 4) is 0 Å². The van der Waals surface area contributed by atoms with Gasteiger partial charge in [0.2, 0.25) is 5.91 Å². The minimum atomic E-state index is -0.809. The van der Waals surface area contributed by atoms with E-state index in [1.54, 1.807) is 7.05 Å². The highest BCUT2D eigenvalue weighted by Gasteiger charge is 2.15. The van der Waals surface area contributed by atoms with Crippen molar-refractivity contribution in [2.75, 3.05) is 13.6 Å². The van der Waals surface area contributed by atoms with Crippen molar-refractivity contribution in [3.05, 3.63) is 18.7 Å². The molecule has 2 amide bonds. The number of carboxylic acids is 1. The summed E-state index contributed by atoms with van der Waals surface area (Å²) in [4.78, 5) is 39.2. The fourth-order valence-corrected chi connectivity index (χ4v) is 1.97. The predicted octanol–water partition coefficient (Wildman–Crippen LogP) is 0.933. The molecular formula is C14H22N4O4. The lowest BCUT2D eigenvalue weighted by atomic mass is 10.1. The van der Waals surface area contributed by atoms with Crippen LogP contribution in [0.25, 0.3) is 0 Å².